The Morgan fingerprint density at radius 1 is 0.963 bits per heavy atom. The zero-order chi connectivity index (χ0) is 19.7. The molecule has 0 N–H and O–H groups in total. The van der Waals surface area contributed by atoms with Gasteiger partial charge in [-0.2, -0.15) is 0 Å². The molecule has 150 valence electrons. The minimum absolute atomic E-state index is 0.136. The van der Waals surface area contributed by atoms with Crippen LogP contribution in [0.5, 0.6) is 0 Å². The average Bonchev–Trinajstić information content (AvgIpc) is 2.49. The molecule has 4 heteroatoms. The topological polar surface area (TPSA) is 34.1 Å². The van der Waals surface area contributed by atoms with Crippen molar-refractivity contribution in [2.24, 2.45) is 22.2 Å². The summed E-state index contributed by atoms with van der Waals surface area (Å²) in [5.41, 5.74) is 1.15. The third kappa shape index (κ3) is 3.56. The molecule has 5 rings (SSSR count). The molecule has 0 spiro atoms. The Bertz CT molecular complexity index is 806. The first-order valence-corrected chi connectivity index (χ1v) is 19.7. The monoisotopic (exact) mass is 450 g/mol. The molecule has 0 aromatic heterocycles. The molecule has 4 fully saturated rings. The van der Waals surface area contributed by atoms with Crippen LogP contribution in [0.1, 0.15) is 58.8 Å². The first-order valence-electron chi connectivity index (χ1n) is 10.6. The summed E-state index contributed by atoms with van der Waals surface area (Å²) in [4.78, 5) is 0.540. The summed E-state index contributed by atoms with van der Waals surface area (Å²) in [6.07, 6.45) is 8.79. The fourth-order valence-electron chi connectivity index (χ4n) is 7.96. The van der Waals surface area contributed by atoms with Crippen LogP contribution < -0.4 is 0 Å². The van der Waals surface area contributed by atoms with Gasteiger partial charge in [-0.1, -0.05) is 0 Å². The zero-order valence-electron chi connectivity index (χ0n) is 17.7. The van der Waals surface area contributed by atoms with Crippen LogP contribution in [0.25, 0.3) is 0 Å². The van der Waals surface area contributed by atoms with Crippen LogP contribution in [0.3, 0.4) is 0 Å². The number of hydrogen-bond acceptors (Lipinski definition) is 2. The maximum absolute atomic E-state index is 13.7. The summed E-state index contributed by atoms with van der Waals surface area (Å²) in [5.74, 6) is 7.73. The standard InChI is InChI=1S/C23H36GeO2S/c1-21-11-18-12-22(2,15-21)17-23(13-18,16-21)14-20(24(3,4)5)27(25,26)19-9-7-6-8-10-19/h6-10,18,20H,11-17H2,1-5H3. The predicted octanol–water partition coefficient (Wildman–Crippen LogP) is 6.09. The molecule has 4 aliphatic carbocycles. The molecular weight excluding hydrogens is 413 g/mol. The number of benzene rings is 1. The molecule has 0 heterocycles. The molecule has 3 atom stereocenters. The van der Waals surface area contributed by atoms with Crippen molar-refractivity contribution in [3.8, 4) is 0 Å². The quantitative estimate of drug-likeness (QED) is 0.510. The average molecular weight is 449 g/mol. The van der Waals surface area contributed by atoms with E-state index in [0.717, 1.165) is 12.3 Å². The van der Waals surface area contributed by atoms with Crippen LogP contribution in [0.2, 0.25) is 17.3 Å². The van der Waals surface area contributed by atoms with Gasteiger partial charge in [0.1, 0.15) is 0 Å². The summed E-state index contributed by atoms with van der Waals surface area (Å²) in [6, 6.07) is 9.25. The van der Waals surface area contributed by atoms with Crippen LogP contribution in [-0.2, 0) is 9.84 Å². The number of hydrogen-bond donors (Lipinski definition) is 0. The van der Waals surface area contributed by atoms with E-state index in [1.165, 1.54) is 38.5 Å². The molecule has 4 aliphatic rings. The minimum atomic E-state index is -3.26. The molecule has 3 unspecified atom stereocenters. The van der Waals surface area contributed by atoms with E-state index in [0.29, 0.717) is 15.7 Å². The van der Waals surface area contributed by atoms with Gasteiger partial charge in [-0.25, -0.2) is 0 Å². The van der Waals surface area contributed by atoms with E-state index in [2.05, 4.69) is 31.1 Å². The van der Waals surface area contributed by atoms with Gasteiger partial charge < -0.3 is 0 Å². The maximum atomic E-state index is 13.7. The van der Waals surface area contributed by atoms with Crippen LogP contribution in [0, 0.1) is 22.2 Å². The second-order valence-corrected chi connectivity index (χ2v) is 26.4. The molecule has 0 saturated heterocycles. The summed E-state index contributed by atoms with van der Waals surface area (Å²) in [5, 5.41) is 0. The van der Waals surface area contributed by atoms with Crippen molar-refractivity contribution in [3.63, 3.8) is 0 Å². The van der Waals surface area contributed by atoms with E-state index < -0.39 is 23.1 Å². The van der Waals surface area contributed by atoms with Gasteiger partial charge in [0.15, 0.2) is 0 Å². The molecule has 1 aromatic rings. The van der Waals surface area contributed by atoms with Crippen molar-refractivity contribution in [1.29, 1.82) is 0 Å². The van der Waals surface area contributed by atoms with E-state index in [-0.39, 0.29) is 9.50 Å². The van der Waals surface area contributed by atoms with Crippen molar-refractivity contribution < 1.29 is 8.42 Å². The zero-order valence-corrected chi connectivity index (χ0v) is 20.6. The van der Waals surface area contributed by atoms with E-state index in [9.17, 15) is 8.42 Å². The predicted molar refractivity (Wildman–Crippen MR) is 115 cm³/mol. The van der Waals surface area contributed by atoms with E-state index in [1.807, 2.05) is 18.2 Å². The van der Waals surface area contributed by atoms with E-state index >= 15 is 0 Å². The molecule has 27 heavy (non-hydrogen) atoms. The first-order chi connectivity index (χ1) is 12.4. The van der Waals surface area contributed by atoms with Gasteiger partial charge in [-0.15, -0.1) is 0 Å². The van der Waals surface area contributed by atoms with Crippen molar-refractivity contribution >= 4 is 23.1 Å². The van der Waals surface area contributed by atoms with Crippen LogP contribution in [0.4, 0.5) is 0 Å². The van der Waals surface area contributed by atoms with Crippen LogP contribution >= 0.6 is 0 Å². The van der Waals surface area contributed by atoms with Gasteiger partial charge in [0.25, 0.3) is 0 Å². The third-order valence-electron chi connectivity index (χ3n) is 7.77. The Kier molecular flexibility index (Phi) is 4.52. The third-order valence-corrected chi connectivity index (χ3v) is 19.7. The molecule has 0 aliphatic heterocycles. The van der Waals surface area contributed by atoms with Gasteiger partial charge in [0, 0.05) is 0 Å². The summed E-state index contributed by atoms with van der Waals surface area (Å²) < 4.78 is 27.3. The summed E-state index contributed by atoms with van der Waals surface area (Å²) in [7, 11) is -3.26. The SMILES string of the molecule is CC12CC3CC(C)(C1)CC(C[CH](S(=O)(=O)c1ccccc1)[Ge]([CH3])([CH3])[CH3])(C3)C2. The number of sulfone groups is 1. The molecule has 1 aromatic carbocycles. The summed E-state index contributed by atoms with van der Waals surface area (Å²) in [6.45, 7) is 4.98. The Labute approximate surface area is 168 Å². The normalized spacial score (nSPS) is 39.5. The molecule has 2 nitrogen and oxygen atoms in total. The van der Waals surface area contributed by atoms with Crippen molar-refractivity contribution in [2.45, 2.75) is 85.0 Å². The Hall–Kier alpha value is -0.287. The van der Waals surface area contributed by atoms with Gasteiger partial charge in [0.05, 0.1) is 0 Å². The molecule has 0 amide bonds. The van der Waals surface area contributed by atoms with Crippen LogP contribution in [-0.4, -0.2) is 25.8 Å². The first kappa shape index (κ1) is 20.0. The number of rotatable bonds is 5. The van der Waals surface area contributed by atoms with Crippen molar-refractivity contribution in [3.05, 3.63) is 30.3 Å². The fraction of sp³-hybridized carbons (Fsp3) is 0.739. The second-order valence-electron chi connectivity index (χ2n) is 12.0. The van der Waals surface area contributed by atoms with E-state index in [4.69, 9.17) is 0 Å². The Morgan fingerprint density at radius 2 is 1.52 bits per heavy atom. The van der Waals surface area contributed by atoms with Gasteiger partial charge in [0.2, 0.25) is 0 Å². The Balaban J connectivity index is 1.72. The van der Waals surface area contributed by atoms with Crippen molar-refractivity contribution in [1.82, 2.24) is 0 Å². The summed E-state index contributed by atoms with van der Waals surface area (Å²) >= 11 is -2.46. The molecule has 4 bridgehead atoms. The second kappa shape index (κ2) is 6.11. The molecule has 0 radical (unpaired) electrons. The van der Waals surface area contributed by atoms with Crippen LogP contribution in [0.15, 0.2) is 35.2 Å². The van der Waals surface area contributed by atoms with Gasteiger partial charge >= 0.3 is 169 Å². The van der Waals surface area contributed by atoms with E-state index in [1.54, 1.807) is 12.1 Å². The fourth-order valence-corrected chi connectivity index (χ4v) is 19.2. The van der Waals surface area contributed by atoms with Gasteiger partial charge in [-0.05, 0) is 0 Å². The van der Waals surface area contributed by atoms with Gasteiger partial charge in [-0.3, -0.25) is 0 Å². The molecular formula is C23H36GeO2S. The Morgan fingerprint density at radius 3 is 2.00 bits per heavy atom. The van der Waals surface area contributed by atoms with Crippen molar-refractivity contribution in [2.75, 3.05) is 0 Å². The molecule has 4 saturated carbocycles.